The first kappa shape index (κ1) is 45.9. The number of nitrogens with one attached hydrogen (secondary N) is 6. The summed E-state index contributed by atoms with van der Waals surface area (Å²) < 4.78 is 3.31. The lowest BCUT2D eigenvalue weighted by atomic mass is 9.85. The second-order valence-electron chi connectivity index (χ2n) is 14.2. The van der Waals surface area contributed by atoms with Gasteiger partial charge in [-0.25, -0.2) is 9.97 Å². The number of pyridine rings is 4. The molecular weight excluding hydrogens is 762 g/mol. The molecule has 0 bridgehead atoms. The first-order valence-corrected chi connectivity index (χ1v) is 19.6. The molecule has 6 N–H and O–H groups in total. The van der Waals surface area contributed by atoms with Gasteiger partial charge in [0, 0.05) is 37.9 Å². The molecule has 0 aliphatic heterocycles. The van der Waals surface area contributed by atoms with Crippen LogP contribution in [0.25, 0.3) is 66.9 Å². The SMILES string of the molecule is CC.CC.S.[B]C(Nc1c(-c2nc3cc(C)ncc3[nH]2)c(=O)[nH]c2cn(C)nc12)C(C)C.[B]C(Nc1c(-c2nc3cc(C)ncc3[nH]2)c(=O)[nH]c2cn(C)nc12)C(C)C. The van der Waals surface area contributed by atoms with Crippen LogP contribution in [-0.4, -0.2) is 87.0 Å². The minimum atomic E-state index is -0.343. The standard InChI is InChI=1S/2C18H20BN7O.2C2H6.H2S/c2*1-8(2)16(19)24-15-13(18(27)23-12-7-26(4)25-14(12)15)17-21-10-5-9(3)20-6-11(10)22-17;2*1-2;/h2*5-8,16,24H,1-4H3,(H,21,22)(H,23,27);2*1-2H3;1H2. The molecule has 0 aliphatic carbocycles. The third-order valence-corrected chi connectivity index (χ3v) is 9.12. The van der Waals surface area contributed by atoms with E-state index in [9.17, 15) is 9.59 Å². The first-order chi connectivity index (χ1) is 27.7. The molecule has 0 spiro atoms. The monoisotopic (exact) mass is 816 g/mol. The maximum atomic E-state index is 12.9. The first-order valence-electron chi connectivity index (χ1n) is 19.6. The lowest BCUT2D eigenvalue weighted by molar-refractivity contribution is 0.643. The molecule has 2 atom stereocenters. The number of aryl methyl sites for hydroxylation is 4. The fourth-order valence-electron chi connectivity index (χ4n) is 6.02. The van der Waals surface area contributed by atoms with Crippen LogP contribution in [0.15, 0.2) is 46.5 Å². The van der Waals surface area contributed by atoms with Gasteiger partial charge in [0.05, 0.1) is 72.6 Å². The summed E-state index contributed by atoms with van der Waals surface area (Å²) in [4.78, 5) is 55.7. The average molecular weight is 817 g/mol. The summed E-state index contributed by atoms with van der Waals surface area (Å²) in [5.41, 5.74) is 8.64. The van der Waals surface area contributed by atoms with Crippen LogP contribution in [0.3, 0.4) is 0 Å². The number of hydrogen-bond donors (Lipinski definition) is 6. The van der Waals surface area contributed by atoms with E-state index in [2.05, 4.69) is 60.7 Å². The Bertz CT molecular complexity index is 2610. The van der Waals surface area contributed by atoms with Crippen molar-refractivity contribution in [1.29, 1.82) is 0 Å². The zero-order chi connectivity index (χ0) is 42.6. The van der Waals surface area contributed by atoms with Gasteiger partial charge in [0.25, 0.3) is 11.1 Å². The van der Waals surface area contributed by atoms with E-state index < -0.39 is 0 Å². The predicted molar refractivity (Wildman–Crippen MR) is 247 cm³/mol. The minimum absolute atomic E-state index is 0. The molecule has 0 amide bonds. The van der Waals surface area contributed by atoms with Gasteiger partial charge in [-0.05, 0) is 49.7 Å². The number of anilines is 2. The van der Waals surface area contributed by atoms with E-state index in [1.54, 1.807) is 48.2 Å². The van der Waals surface area contributed by atoms with Crippen molar-refractivity contribution in [3.63, 3.8) is 0 Å². The van der Waals surface area contributed by atoms with Crippen LogP contribution in [0.1, 0.15) is 66.8 Å². The molecule has 308 valence electrons. The lowest BCUT2D eigenvalue weighted by Crippen LogP contribution is -2.27. The largest absolute Gasteiger partial charge is 0.388 e. The van der Waals surface area contributed by atoms with Gasteiger partial charge in [-0.3, -0.25) is 28.9 Å². The molecule has 16 nitrogen and oxygen atoms in total. The number of rotatable bonds is 8. The van der Waals surface area contributed by atoms with Crippen molar-refractivity contribution in [3.8, 4) is 22.8 Å². The number of aromatic amines is 4. The zero-order valence-corrected chi connectivity index (χ0v) is 36.8. The second-order valence-corrected chi connectivity index (χ2v) is 14.2. The molecule has 0 aliphatic rings. The number of fused-ring (bicyclic) bond motifs is 4. The molecule has 0 fully saturated rings. The molecule has 4 radical (unpaired) electrons. The highest BCUT2D eigenvalue weighted by molar-refractivity contribution is 7.59. The molecule has 8 rings (SSSR count). The molecule has 0 saturated carbocycles. The Morgan fingerprint density at radius 3 is 1.31 bits per heavy atom. The highest BCUT2D eigenvalue weighted by atomic mass is 32.1. The van der Waals surface area contributed by atoms with Crippen molar-refractivity contribution in [2.45, 2.75) is 81.1 Å². The Morgan fingerprint density at radius 2 is 0.966 bits per heavy atom. The van der Waals surface area contributed by atoms with Gasteiger partial charge in [0.15, 0.2) is 0 Å². The number of nitrogens with zero attached hydrogens (tertiary/aromatic N) is 8. The molecule has 59 heavy (non-hydrogen) atoms. The Hall–Kier alpha value is -5.84. The zero-order valence-electron chi connectivity index (χ0n) is 35.8. The minimum Gasteiger partial charge on any atom is -0.388 e. The summed E-state index contributed by atoms with van der Waals surface area (Å²) in [6.07, 6.45) is 6.94. The molecule has 8 aromatic heterocycles. The van der Waals surface area contributed by atoms with E-state index in [1.807, 2.05) is 81.4 Å². The fraction of sp³-hybridized carbons (Fsp3) is 0.400. The number of H-pyrrole nitrogens is 4. The highest BCUT2D eigenvalue weighted by Crippen LogP contribution is 2.32. The fourth-order valence-corrected chi connectivity index (χ4v) is 6.02. The summed E-state index contributed by atoms with van der Waals surface area (Å²) in [6, 6.07) is 3.74. The summed E-state index contributed by atoms with van der Waals surface area (Å²) in [5, 5.41) is 15.5. The van der Waals surface area contributed by atoms with Gasteiger partial charge >= 0.3 is 0 Å². The lowest BCUT2D eigenvalue weighted by Gasteiger charge is -2.21. The van der Waals surface area contributed by atoms with Crippen LogP contribution in [-0.2, 0) is 14.1 Å². The second kappa shape index (κ2) is 19.3. The van der Waals surface area contributed by atoms with Crippen molar-refractivity contribution in [2.24, 2.45) is 25.9 Å². The van der Waals surface area contributed by atoms with Crippen LogP contribution in [0.5, 0.6) is 0 Å². The molecule has 0 aromatic carbocycles. The summed E-state index contributed by atoms with van der Waals surface area (Å²) in [5.74, 6) is 0.541. The van der Waals surface area contributed by atoms with Gasteiger partial charge in [0.1, 0.15) is 33.8 Å². The molecule has 8 aromatic rings. The quantitative estimate of drug-likeness (QED) is 0.0943. The van der Waals surface area contributed by atoms with Gasteiger partial charge in [-0.1, -0.05) is 55.4 Å². The topological polar surface area (TPSA) is 209 Å². The number of imidazole rings is 2. The van der Waals surface area contributed by atoms with Crippen LogP contribution in [0.2, 0.25) is 0 Å². The normalized spacial score (nSPS) is 12.0. The summed E-state index contributed by atoms with van der Waals surface area (Å²) in [6.45, 7) is 19.8. The van der Waals surface area contributed by atoms with E-state index >= 15 is 0 Å². The van der Waals surface area contributed by atoms with Crippen molar-refractivity contribution < 1.29 is 0 Å². The highest BCUT2D eigenvalue weighted by Gasteiger charge is 2.24. The van der Waals surface area contributed by atoms with Crippen LogP contribution in [0, 0.1) is 25.7 Å². The molecule has 0 saturated heterocycles. The van der Waals surface area contributed by atoms with Crippen molar-refractivity contribution in [3.05, 3.63) is 69.0 Å². The van der Waals surface area contributed by atoms with Crippen molar-refractivity contribution in [1.82, 2.24) is 59.4 Å². The Morgan fingerprint density at radius 1 is 0.610 bits per heavy atom. The van der Waals surface area contributed by atoms with Gasteiger partial charge < -0.3 is 30.6 Å². The summed E-state index contributed by atoms with van der Waals surface area (Å²) in [7, 11) is 16.1. The molecular formula is C40H54B2N14O2S. The summed E-state index contributed by atoms with van der Waals surface area (Å²) >= 11 is 0. The van der Waals surface area contributed by atoms with Crippen LogP contribution < -0.4 is 21.8 Å². The number of aromatic nitrogens is 12. The average Bonchev–Trinajstić information content (AvgIpc) is 3.97. The van der Waals surface area contributed by atoms with Crippen molar-refractivity contribution in [2.75, 3.05) is 10.6 Å². The number of hydrogen-bond acceptors (Lipinski definition) is 10. The third kappa shape index (κ3) is 9.73. The van der Waals surface area contributed by atoms with E-state index in [1.165, 1.54) is 0 Å². The van der Waals surface area contributed by atoms with E-state index in [4.69, 9.17) is 15.7 Å². The maximum absolute atomic E-state index is 12.9. The third-order valence-electron chi connectivity index (χ3n) is 9.12. The van der Waals surface area contributed by atoms with Crippen LogP contribution >= 0.6 is 13.5 Å². The van der Waals surface area contributed by atoms with Gasteiger partial charge in [-0.15, -0.1) is 0 Å². The Labute approximate surface area is 352 Å². The van der Waals surface area contributed by atoms with Crippen molar-refractivity contribution >= 4 is 84.7 Å². The molecule has 8 heterocycles. The molecule has 2 unspecified atom stereocenters. The van der Waals surface area contributed by atoms with Crippen LogP contribution in [0.4, 0.5) is 11.4 Å². The van der Waals surface area contributed by atoms with Gasteiger partial charge in [0.2, 0.25) is 0 Å². The predicted octanol–water partition coefficient (Wildman–Crippen LogP) is 6.31. The Kier molecular flexibility index (Phi) is 15.0. The Balaban J connectivity index is 0.000000237. The van der Waals surface area contributed by atoms with E-state index in [0.717, 1.165) is 33.5 Å². The van der Waals surface area contributed by atoms with Gasteiger partial charge in [-0.2, -0.15) is 23.7 Å². The van der Waals surface area contributed by atoms with E-state index in [0.29, 0.717) is 56.2 Å². The smallest absolute Gasteiger partial charge is 0.261 e. The molecule has 19 heteroatoms. The maximum Gasteiger partial charge on any atom is 0.261 e. The van der Waals surface area contributed by atoms with E-state index in [-0.39, 0.29) is 48.3 Å².